The Kier molecular flexibility index (Phi) is 9.30. The maximum Gasteiger partial charge on any atom is 0.530 e. The molecule has 0 saturated carbocycles. The monoisotopic (exact) mass is 408 g/mol. The Morgan fingerprint density at radius 3 is 2.04 bits per heavy atom. The molecule has 0 aliphatic heterocycles. The lowest BCUT2D eigenvalue weighted by Gasteiger charge is -2.22. The van der Waals surface area contributed by atoms with Crippen LogP contribution in [0.2, 0.25) is 0 Å². The van der Waals surface area contributed by atoms with Gasteiger partial charge in [0, 0.05) is 10.8 Å². The third-order valence-corrected chi connectivity index (χ3v) is 5.95. The molecule has 0 heterocycles. The van der Waals surface area contributed by atoms with Gasteiger partial charge in [0.05, 0.1) is 13.2 Å². The molecule has 156 valence electrons. The highest BCUT2D eigenvalue weighted by Crippen LogP contribution is 2.53. The molecule has 0 radical (unpaired) electrons. The molecule has 0 aromatic heterocycles. The molecule has 0 aliphatic carbocycles. The summed E-state index contributed by atoms with van der Waals surface area (Å²) in [5.41, 5.74) is 0.816. The molecule has 0 atom stereocenters. The lowest BCUT2D eigenvalue weighted by atomic mass is 10.0. The van der Waals surface area contributed by atoms with Crippen LogP contribution in [0.15, 0.2) is 30.3 Å². The number of benzene rings is 2. The van der Waals surface area contributed by atoms with Crippen LogP contribution in [0.5, 0.6) is 11.5 Å². The molecule has 1 N–H and O–H groups in total. The van der Waals surface area contributed by atoms with Crippen molar-refractivity contribution in [2.75, 3.05) is 13.2 Å². The summed E-state index contributed by atoms with van der Waals surface area (Å²) in [5, 5.41) is 11.8. The van der Waals surface area contributed by atoms with Gasteiger partial charge in [-0.2, -0.15) is 0 Å². The standard InChI is InChI=1S/C22H33O5P/c1-4-7-12-18-17-21(23)19-13-10-11-14-20(19)22(18)27-28(24,25-15-8-5-2)26-16-9-6-3/h10-11,13-14,17,23H,4-9,12,15-16H2,1-3H3. The zero-order chi connectivity index (χ0) is 20.4. The molecule has 0 fully saturated rings. The van der Waals surface area contributed by atoms with Crippen LogP contribution in [-0.4, -0.2) is 18.3 Å². The molecule has 5 nitrogen and oxygen atoms in total. The molecule has 0 spiro atoms. The van der Waals surface area contributed by atoms with Gasteiger partial charge in [-0.05, 0) is 37.3 Å². The van der Waals surface area contributed by atoms with Crippen LogP contribution in [-0.2, 0) is 20.0 Å². The number of phosphoric ester groups is 1. The maximum absolute atomic E-state index is 13.4. The Labute approximate surface area is 168 Å². The fourth-order valence-electron chi connectivity index (χ4n) is 2.89. The highest BCUT2D eigenvalue weighted by Gasteiger charge is 2.30. The van der Waals surface area contributed by atoms with E-state index in [0.717, 1.165) is 44.1 Å². The third-order valence-electron chi connectivity index (χ3n) is 4.55. The van der Waals surface area contributed by atoms with E-state index in [4.69, 9.17) is 13.6 Å². The zero-order valence-corrected chi connectivity index (χ0v) is 18.2. The summed E-state index contributed by atoms with van der Waals surface area (Å²) in [6.07, 6.45) is 6.08. The van der Waals surface area contributed by atoms with Crippen molar-refractivity contribution in [1.82, 2.24) is 0 Å². The summed E-state index contributed by atoms with van der Waals surface area (Å²) in [6.45, 7) is 6.83. The fourth-order valence-corrected chi connectivity index (χ4v) is 4.21. The minimum atomic E-state index is -3.76. The number of aryl methyl sites for hydroxylation is 1. The van der Waals surface area contributed by atoms with Gasteiger partial charge in [0.25, 0.3) is 0 Å². The number of hydrogen-bond donors (Lipinski definition) is 1. The van der Waals surface area contributed by atoms with Crippen molar-refractivity contribution in [3.05, 3.63) is 35.9 Å². The number of phosphoric acid groups is 1. The van der Waals surface area contributed by atoms with Crippen molar-refractivity contribution in [1.29, 1.82) is 0 Å². The first kappa shape index (κ1) is 22.7. The molecular weight excluding hydrogens is 375 g/mol. The molecular formula is C22H33O5P. The van der Waals surface area contributed by atoms with E-state index in [1.165, 1.54) is 0 Å². The van der Waals surface area contributed by atoms with Crippen LogP contribution in [0, 0.1) is 0 Å². The number of aromatic hydroxyl groups is 1. The molecule has 0 bridgehead atoms. The molecule has 2 aromatic rings. The van der Waals surface area contributed by atoms with Crippen LogP contribution in [0.1, 0.15) is 64.9 Å². The van der Waals surface area contributed by atoms with E-state index in [2.05, 4.69) is 6.92 Å². The summed E-state index contributed by atoms with van der Waals surface area (Å²) in [6, 6.07) is 9.12. The number of hydrogen-bond acceptors (Lipinski definition) is 5. The van der Waals surface area contributed by atoms with E-state index in [9.17, 15) is 9.67 Å². The van der Waals surface area contributed by atoms with Crippen molar-refractivity contribution in [3.63, 3.8) is 0 Å². The number of phenols is 1. The average Bonchev–Trinajstić information content (AvgIpc) is 2.69. The number of fused-ring (bicyclic) bond motifs is 1. The van der Waals surface area contributed by atoms with Crippen molar-refractivity contribution < 1.29 is 23.2 Å². The van der Waals surface area contributed by atoms with E-state index < -0.39 is 7.82 Å². The summed E-state index contributed by atoms with van der Waals surface area (Å²) in [7, 11) is -3.76. The third kappa shape index (κ3) is 6.23. The second-order valence-electron chi connectivity index (χ2n) is 6.95. The van der Waals surface area contributed by atoms with E-state index in [-0.39, 0.29) is 5.75 Å². The molecule has 2 aromatic carbocycles. The molecule has 0 saturated heterocycles. The Morgan fingerprint density at radius 2 is 1.46 bits per heavy atom. The highest BCUT2D eigenvalue weighted by atomic mass is 31.2. The van der Waals surface area contributed by atoms with Gasteiger partial charge < -0.3 is 9.63 Å². The number of unbranched alkanes of at least 4 members (excludes halogenated alkanes) is 3. The van der Waals surface area contributed by atoms with Crippen LogP contribution in [0.25, 0.3) is 10.8 Å². The second-order valence-corrected chi connectivity index (χ2v) is 8.54. The first-order valence-electron chi connectivity index (χ1n) is 10.4. The van der Waals surface area contributed by atoms with Gasteiger partial charge in [0.2, 0.25) is 0 Å². The van der Waals surface area contributed by atoms with Crippen LogP contribution < -0.4 is 4.52 Å². The van der Waals surface area contributed by atoms with Gasteiger partial charge in [0.15, 0.2) is 0 Å². The lowest BCUT2D eigenvalue weighted by molar-refractivity contribution is 0.152. The van der Waals surface area contributed by atoms with Crippen molar-refractivity contribution >= 4 is 18.6 Å². The van der Waals surface area contributed by atoms with Crippen molar-refractivity contribution in [2.24, 2.45) is 0 Å². The maximum atomic E-state index is 13.4. The Balaban J connectivity index is 2.42. The largest absolute Gasteiger partial charge is 0.530 e. The van der Waals surface area contributed by atoms with Crippen LogP contribution >= 0.6 is 7.82 Å². The summed E-state index contributed by atoms with van der Waals surface area (Å²) in [4.78, 5) is 0. The van der Waals surface area contributed by atoms with E-state index >= 15 is 0 Å². The number of phenolic OH excluding ortho intramolecular Hbond substituents is 1. The van der Waals surface area contributed by atoms with E-state index in [0.29, 0.717) is 36.2 Å². The zero-order valence-electron chi connectivity index (χ0n) is 17.3. The van der Waals surface area contributed by atoms with E-state index in [1.54, 1.807) is 6.07 Å². The summed E-state index contributed by atoms with van der Waals surface area (Å²) < 4.78 is 30.6. The number of rotatable bonds is 13. The average molecular weight is 408 g/mol. The molecule has 0 amide bonds. The molecule has 2 rings (SSSR count). The van der Waals surface area contributed by atoms with Crippen LogP contribution in [0.3, 0.4) is 0 Å². The van der Waals surface area contributed by atoms with Crippen LogP contribution in [0.4, 0.5) is 0 Å². The lowest BCUT2D eigenvalue weighted by Crippen LogP contribution is -2.06. The molecule has 28 heavy (non-hydrogen) atoms. The smallest absolute Gasteiger partial charge is 0.507 e. The van der Waals surface area contributed by atoms with Crippen molar-refractivity contribution in [2.45, 2.75) is 65.7 Å². The SMILES string of the molecule is CCCCOP(=O)(OCCCC)Oc1c(CCCC)cc(O)c2ccccc12. The van der Waals surface area contributed by atoms with Gasteiger partial charge in [-0.15, -0.1) is 0 Å². The predicted octanol–water partition coefficient (Wildman–Crippen LogP) is 7.01. The minimum Gasteiger partial charge on any atom is -0.507 e. The van der Waals surface area contributed by atoms with Gasteiger partial charge >= 0.3 is 7.82 Å². The Morgan fingerprint density at radius 1 is 0.893 bits per heavy atom. The quantitative estimate of drug-likeness (QED) is 0.285. The topological polar surface area (TPSA) is 65.0 Å². The minimum absolute atomic E-state index is 0.197. The second kappa shape index (κ2) is 11.5. The highest BCUT2D eigenvalue weighted by molar-refractivity contribution is 7.49. The summed E-state index contributed by atoms with van der Waals surface area (Å²) in [5.74, 6) is 0.681. The van der Waals surface area contributed by atoms with E-state index in [1.807, 2.05) is 38.1 Å². The normalized spacial score (nSPS) is 11.8. The first-order chi connectivity index (χ1) is 13.5. The Bertz CT molecular complexity index is 776. The van der Waals surface area contributed by atoms with Gasteiger partial charge in [0.1, 0.15) is 11.5 Å². The molecule has 0 aliphatic rings. The predicted molar refractivity (Wildman–Crippen MR) is 114 cm³/mol. The van der Waals surface area contributed by atoms with Crippen molar-refractivity contribution in [3.8, 4) is 11.5 Å². The van der Waals surface area contributed by atoms with Gasteiger partial charge in [-0.25, -0.2) is 4.57 Å². The molecule has 0 unspecified atom stereocenters. The fraction of sp³-hybridized carbons (Fsp3) is 0.545. The Hall–Kier alpha value is -1.55. The molecule has 6 heteroatoms. The van der Waals surface area contributed by atoms with Gasteiger partial charge in [-0.3, -0.25) is 9.05 Å². The first-order valence-corrected chi connectivity index (χ1v) is 11.8. The van der Waals surface area contributed by atoms with Gasteiger partial charge in [-0.1, -0.05) is 64.3 Å². The summed E-state index contributed by atoms with van der Waals surface area (Å²) >= 11 is 0.